The van der Waals surface area contributed by atoms with E-state index in [0.717, 1.165) is 42.9 Å². The van der Waals surface area contributed by atoms with E-state index in [4.69, 9.17) is 0 Å². The van der Waals surface area contributed by atoms with Crippen LogP contribution in [0.15, 0.2) is 40.2 Å². The van der Waals surface area contributed by atoms with Crippen molar-refractivity contribution in [1.29, 1.82) is 0 Å². The summed E-state index contributed by atoms with van der Waals surface area (Å²) in [5, 5.41) is 10.5. The quantitative estimate of drug-likeness (QED) is 0.694. The highest BCUT2D eigenvalue weighted by Crippen LogP contribution is 2.31. The molecule has 0 atom stereocenters. The second-order valence-electron chi connectivity index (χ2n) is 6.96. The van der Waals surface area contributed by atoms with Gasteiger partial charge >= 0.3 is 0 Å². The number of sulfone groups is 1. The Morgan fingerprint density at radius 3 is 2.46 bits per heavy atom. The van der Waals surface area contributed by atoms with Crippen LogP contribution in [0.4, 0.5) is 0 Å². The fourth-order valence-electron chi connectivity index (χ4n) is 3.57. The third-order valence-electron chi connectivity index (χ3n) is 5.11. The molecule has 2 N–H and O–H groups in total. The highest BCUT2D eigenvalue weighted by atomic mass is 32.2. The number of carboxylic acids is 1. The lowest BCUT2D eigenvalue weighted by Gasteiger charge is -2.21. The summed E-state index contributed by atoms with van der Waals surface area (Å²) >= 11 is 0. The van der Waals surface area contributed by atoms with Crippen molar-refractivity contribution in [1.82, 2.24) is 9.97 Å². The molecule has 0 bridgehead atoms. The molecule has 2 heterocycles. The number of aromatic amines is 2. The summed E-state index contributed by atoms with van der Waals surface area (Å²) in [4.78, 5) is 27.3. The van der Waals surface area contributed by atoms with Crippen LogP contribution in [0, 0.1) is 0 Å². The van der Waals surface area contributed by atoms with Crippen LogP contribution in [0.3, 0.4) is 0 Å². The molecule has 0 amide bonds. The van der Waals surface area contributed by atoms with Crippen LogP contribution in [0.25, 0.3) is 21.8 Å². The first-order chi connectivity index (χ1) is 13.3. The molecule has 3 aromatic rings. The van der Waals surface area contributed by atoms with E-state index in [2.05, 4.69) is 9.97 Å². The van der Waals surface area contributed by atoms with E-state index in [1.54, 1.807) is 24.4 Å². The molecule has 0 saturated heterocycles. The number of aromatic nitrogens is 2. The summed E-state index contributed by atoms with van der Waals surface area (Å²) in [5.41, 5.74) is 0.940. The summed E-state index contributed by atoms with van der Waals surface area (Å²) in [6.07, 6.45) is 6.37. The molecule has 4 rings (SSSR count). The van der Waals surface area contributed by atoms with E-state index in [1.165, 1.54) is 6.92 Å². The lowest BCUT2D eigenvalue weighted by Crippen LogP contribution is -2.24. The van der Waals surface area contributed by atoms with E-state index >= 15 is 0 Å². The summed E-state index contributed by atoms with van der Waals surface area (Å²) in [6.45, 7) is 1.54. The van der Waals surface area contributed by atoms with Gasteiger partial charge in [-0.25, -0.2) is 8.42 Å². The second kappa shape index (κ2) is 8.18. The van der Waals surface area contributed by atoms with Crippen LogP contribution < -0.4 is 10.7 Å². The van der Waals surface area contributed by atoms with Crippen LogP contribution in [0.1, 0.15) is 45.4 Å². The zero-order valence-corrected chi connectivity index (χ0v) is 16.5. The zero-order valence-electron chi connectivity index (χ0n) is 15.7. The van der Waals surface area contributed by atoms with Gasteiger partial charge in [0.25, 0.3) is 5.56 Å². The number of carboxylic acid groups (broad SMARTS) is 1. The largest absolute Gasteiger partial charge is 0.550 e. The van der Waals surface area contributed by atoms with Gasteiger partial charge in [-0.15, -0.1) is 0 Å². The van der Waals surface area contributed by atoms with Crippen molar-refractivity contribution in [3.05, 3.63) is 40.8 Å². The SMILES string of the molecule is CCC(=O)[O-].O=c1[nH]c2ccc(S(=O)(=O)C3CCCCC3)cc2c2cc[nH]c12. The molecular formula is C20H23N2O5S-. The van der Waals surface area contributed by atoms with E-state index in [-0.39, 0.29) is 17.2 Å². The molecule has 0 aliphatic heterocycles. The van der Waals surface area contributed by atoms with Crippen molar-refractivity contribution < 1.29 is 18.3 Å². The highest BCUT2D eigenvalue weighted by Gasteiger charge is 2.29. The van der Waals surface area contributed by atoms with E-state index in [1.807, 2.05) is 6.07 Å². The van der Waals surface area contributed by atoms with Crippen molar-refractivity contribution in [2.24, 2.45) is 0 Å². The van der Waals surface area contributed by atoms with Crippen molar-refractivity contribution >= 4 is 37.6 Å². The lowest BCUT2D eigenvalue weighted by atomic mass is 10.0. The molecule has 1 aliphatic rings. The Morgan fingerprint density at radius 1 is 1.14 bits per heavy atom. The van der Waals surface area contributed by atoms with Crippen LogP contribution >= 0.6 is 0 Å². The van der Waals surface area contributed by atoms with Gasteiger partial charge in [0, 0.05) is 28.5 Å². The van der Waals surface area contributed by atoms with Crippen LogP contribution in [0.5, 0.6) is 0 Å². The molecule has 2 aromatic heterocycles. The molecule has 0 spiro atoms. The number of pyridine rings is 1. The summed E-state index contributed by atoms with van der Waals surface area (Å²) in [5.74, 6) is -0.995. The number of carbonyl (C=O) groups is 1. The zero-order chi connectivity index (χ0) is 20.3. The first kappa shape index (κ1) is 20.1. The minimum Gasteiger partial charge on any atom is -0.550 e. The molecular weight excluding hydrogens is 380 g/mol. The number of H-pyrrole nitrogens is 2. The van der Waals surface area contributed by atoms with Gasteiger partial charge in [0.05, 0.1) is 10.1 Å². The normalized spacial score (nSPS) is 15.3. The van der Waals surface area contributed by atoms with Gasteiger partial charge in [0.1, 0.15) is 5.52 Å². The summed E-state index contributed by atoms with van der Waals surface area (Å²) in [7, 11) is -3.32. The molecule has 150 valence electrons. The number of hydrogen-bond acceptors (Lipinski definition) is 5. The van der Waals surface area contributed by atoms with Gasteiger partial charge in [-0.05, 0) is 43.5 Å². The second-order valence-corrected chi connectivity index (χ2v) is 9.19. The maximum atomic E-state index is 12.9. The van der Waals surface area contributed by atoms with E-state index < -0.39 is 15.8 Å². The maximum Gasteiger partial charge on any atom is 0.272 e. The standard InChI is InChI=1S/C17H18N2O3S.C3H6O2/c20-17-16-13(8-9-18-16)14-10-12(6-7-15(14)19-17)23(21,22)11-4-2-1-3-5-11;1-2-3(4)5/h6-11,18H,1-5H2,(H,19,20);2H2,1H3,(H,4,5)/p-1. The van der Waals surface area contributed by atoms with Gasteiger partial charge in [0.15, 0.2) is 9.84 Å². The van der Waals surface area contributed by atoms with Gasteiger partial charge in [0.2, 0.25) is 0 Å². The minimum absolute atomic E-state index is 0.111. The van der Waals surface area contributed by atoms with Gasteiger partial charge in [-0.1, -0.05) is 26.2 Å². The number of aliphatic carboxylic acids is 1. The molecule has 1 aliphatic carbocycles. The predicted octanol–water partition coefficient (Wildman–Crippen LogP) is 2.26. The van der Waals surface area contributed by atoms with Gasteiger partial charge in [-0.2, -0.15) is 0 Å². The number of carbonyl (C=O) groups excluding carboxylic acids is 1. The first-order valence-corrected chi connectivity index (χ1v) is 11.0. The summed E-state index contributed by atoms with van der Waals surface area (Å²) in [6, 6.07) is 6.81. The Hall–Kier alpha value is -2.61. The topological polar surface area (TPSA) is 123 Å². The Morgan fingerprint density at radius 2 is 1.82 bits per heavy atom. The number of benzene rings is 1. The molecule has 1 fully saturated rings. The Kier molecular flexibility index (Phi) is 5.88. The fourth-order valence-corrected chi connectivity index (χ4v) is 5.45. The van der Waals surface area contributed by atoms with Crippen LogP contribution in [-0.4, -0.2) is 29.6 Å². The van der Waals surface area contributed by atoms with Crippen molar-refractivity contribution in [3.8, 4) is 0 Å². The average Bonchev–Trinajstić information content (AvgIpc) is 3.20. The van der Waals surface area contributed by atoms with E-state index in [0.29, 0.717) is 15.9 Å². The number of hydrogen-bond donors (Lipinski definition) is 2. The van der Waals surface area contributed by atoms with Gasteiger partial charge < -0.3 is 19.9 Å². The monoisotopic (exact) mass is 403 g/mol. The third-order valence-corrected chi connectivity index (χ3v) is 7.37. The minimum atomic E-state index is -3.32. The predicted molar refractivity (Wildman–Crippen MR) is 106 cm³/mol. The molecule has 1 aromatic carbocycles. The molecule has 0 radical (unpaired) electrons. The van der Waals surface area contributed by atoms with Crippen molar-refractivity contribution in [3.63, 3.8) is 0 Å². The molecule has 8 heteroatoms. The van der Waals surface area contributed by atoms with E-state index in [9.17, 15) is 23.1 Å². The average molecular weight is 403 g/mol. The van der Waals surface area contributed by atoms with Crippen LogP contribution in [-0.2, 0) is 14.6 Å². The molecule has 28 heavy (non-hydrogen) atoms. The maximum absolute atomic E-state index is 12.9. The Labute approximate surface area is 162 Å². The first-order valence-electron chi connectivity index (χ1n) is 9.41. The van der Waals surface area contributed by atoms with Gasteiger partial charge in [-0.3, -0.25) is 4.79 Å². The molecule has 0 unspecified atom stereocenters. The molecule has 7 nitrogen and oxygen atoms in total. The van der Waals surface area contributed by atoms with Crippen LogP contribution in [0.2, 0.25) is 0 Å². The van der Waals surface area contributed by atoms with Crippen molar-refractivity contribution in [2.45, 2.75) is 55.6 Å². The van der Waals surface area contributed by atoms with Crippen molar-refractivity contribution in [2.75, 3.05) is 0 Å². The molecule has 1 saturated carbocycles. The lowest BCUT2D eigenvalue weighted by molar-refractivity contribution is -0.305. The number of nitrogens with one attached hydrogen (secondary N) is 2. The Balaban J connectivity index is 0.000000403. The number of rotatable bonds is 3. The number of fused-ring (bicyclic) bond motifs is 3. The summed E-state index contributed by atoms with van der Waals surface area (Å²) < 4.78 is 25.8. The smallest absolute Gasteiger partial charge is 0.272 e. The Bertz CT molecular complexity index is 1150. The highest BCUT2D eigenvalue weighted by molar-refractivity contribution is 7.92. The fraction of sp³-hybridized carbons (Fsp3) is 0.400. The third kappa shape index (κ3) is 3.96.